The SMILES string of the molecule is CCOCCOc1ccc(S(N)(=O)=O)cc1C(C)C. The Balaban J connectivity index is 2.93. The molecular weight excluding hydrogens is 266 g/mol. The summed E-state index contributed by atoms with van der Waals surface area (Å²) in [5.74, 6) is 0.811. The Kier molecular flexibility index (Phi) is 5.78. The topological polar surface area (TPSA) is 78.6 Å². The molecule has 0 unspecified atom stereocenters. The molecule has 1 rings (SSSR count). The van der Waals surface area contributed by atoms with Crippen molar-refractivity contribution < 1.29 is 17.9 Å². The highest BCUT2D eigenvalue weighted by Gasteiger charge is 2.14. The lowest BCUT2D eigenvalue weighted by atomic mass is 10.0. The molecule has 0 aliphatic carbocycles. The fourth-order valence-electron chi connectivity index (χ4n) is 1.64. The number of primary sulfonamides is 1. The fourth-order valence-corrected chi connectivity index (χ4v) is 2.19. The van der Waals surface area contributed by atoms with E-state index in [4.69, 9.17) is 14.6 Å². The van der Waals surface area contributed by atoms with Crippen LogP contribution in [0.2, 0.25) is 0 Å². The van der Waals surface area contributed by atoms with Crippen LogP contribution >= 0.6 is 0 Å². The average molecular weight is 287 g/mol. The summed E-state index contributed by atoms with van der Waals surface area (Å²) in [5, 5.41) is 5.13. The molecule has 0 saturated heterocycles. The van der Waals surface area contributed by atoms with Crippen LogP contribution in [0.25, 0.3) is 0 Å². The molecule has 0 aromatic heterocycles. The Labute approximate surface area is 114 Å². The van der Waals surface area contributed by atoms with Crippen LogP contribution in [0.4, 0.5) is 0 Å². The predicted octanol–water partition coefficient (Wildman–Crippen LogP) is 1.87. The lowest BCUT2D eigenvalue weighted by molar-refractivity contribution is 0.109. The number of benzene rings is 1. The number of sulfonamides is 1. The molecule has 0 fully saturated rings. The average Bonchev–Trinajstić information content (AvgIpc) is 2.33. The molecule has 0 spiro atoms. The van der Waals surface area contributed by atoms with Crippen molar-refractivity contribution in [3.63, 3.8) is 0 Å². The largest absolute Gasteiger partial charge is 0.491 e. The summed E-state index contributed by atoms with van der Waals surface area (Å²) < 4.78 is 33.5. The molecular formula is C13H21NO4S. The van der Waals surface area contributed by atoms with Crippen molar-refractivity contribution in [2.75, 3.05) is 19.8 Å². The zero-order valence-electron chi connectivity index (χ0n) is 11.5. The van der Waals surface area contributed by atoms with Gasteiger partial charge in [-0.05, 0) is 36.6 Å². The summed E-state index contributed by atoms with van der Waals surface area (Å²) in [6.07, 6.45) is 0. The molecule has 0 bridgehead atoms. The van der Waals surface area contributed by atoms with E-state index in [-0.39, 0.29) is 10.8 Å². The van der Waals surface area contributed by atoms with E-state index < -0.39 is 10.0 Å². The van der Waals surface area contributed by atoms with Crippen molar-refractivity contribution in [3.05, 3.63) is 23.8 Å². The summed E-state index contributed by atoms with van der Waals surface area (Å²) in [6.45, 7) is 7.44. The Morgan fingerprint density at radius 1 is 1.26 bits per heavy atom. The maximum atomic E-state index is 11.3. The highest BCUT2D eigenvalue weighted by atomic mass is 32.2. The first-order valence-corrected chi connectivity index (χ1v) is 7.78. The van der Waals surface area contributed by atoms with Crippen LogP contribution in [0, 0.1) is 0 Å². The second-order valence-corrected chi connectivity index (χ2v) is 6.01. The monoisotopic (exact) mass is 287 g/mol. The second-order valence-electron chi connectivity index (χ2n) is 4.44. The van der Waals surface area contributed by atoms with Gasteiger partial charge in [-0.2, -0.15) is 0 Å². The molecule has 0 radical (unpaired) electrons. The summed E-state index contributed by atoms with van der Waals surface area (Å²) in [4.78, 5) is 0.105. The number of hydrogen-bond acceptors (Lipinski definition) is 4. The van der Waals surface area contributed by atoms with Gasteiger partial charge in [0.05, 0.1) is 11.5 Å². The molecule has 0 saturated carbocycles. The zero-order valence-corrected chi connectivity index (χ0v) is 12.4. The number of rotatable bonds is 7. The van der Waals surface area contributed by atoms with Crippen LogP contribution in [-0.2, 0) is 14.8 Å². The lowest BCUT2D eigenvalue weighted by Crippen LogP contribution is -2.13. The fraction of sp³-hybridized carbons (Fsp3) is 0.538. The Morgan fingerprint density at radius 3 is 2.47 bits per heavy atom. The third kappa shape index (κ3) is 4.81. The minimum absolute atomic E-state index is 0.105. The molecule has 0 aliphatic rings. The van der Waals surface area contributed by atoms with Crippen molar-refractivity contribution in [3.8, 4) is 5.75 Å². The molecule has 6 heteroatoms. The Morgan fingerprint density at radius 2 is 1.95 bits per heavy atom. The van der Waals surface area contributed by atoms with E-state index in [2.05, 4.69) is 0 Å². The van der Waals surface area contributed by atoms with E-state index in [1.165, 1.54) is 6.07 Å². The van der Waals surface area contributed by atoms with E-state index in [0.29, 0.717) is 25.6 Å². The highest BCUT2D eigenvalue weighted by molar-refractivity contribution is 7.89. The quantitative estimate of drug-likeness (QED) is 0.776. The van der Waals surface area contributed by atoms with Crippen LogP contribution < -0.4 is 9.88 Å². The maximum absolute atomic E-state index is 11.3. The van der Waals surface area contributed by atoms with E-state index in [9.17, 15) is 8.42 Å². The van der Waals surface area contributed by atoms with Gasteiger partial charge in [0.1, 0.15) is 12.4 Å². The Bertz CT molecular complexity index is 511. The van der Waals surface area contributed by atoms with Gasteiger partial charge >= 0.3 is 0 Å². The van der Waals surface area contributed by atoms with E-state index >= 15 is 0 Å². The first-order chi connectivity index (χ1) is 8.86. The van der Waals surface area contributed by atoms with E-state index in [1.807, 2.05) is 20.8 Å². The zero-order chi connectivity index (χ0) is 14.5. The highest BCUT2D eigenvalue weighted by Crippen LogP contribution is 2.28. The van der Waals surface area contributed by atoms with Gasteiger partial charge in [-0.3, -0.25) is 0 Å². The summed E-state index contributed by atoms with van der Waals surface area (Å²) in [5.41, 5.74) is 0.822. The van der Waals surface area contributed by atoms with Crippen LogP contribution in [0.15, 0.2) is 23.1 Å². The first-order valence-electron chi connectivity index (χ1n) is 6.23. The third-order valence-electron chi connectivity index (χ3n) is 2.62. The molecule has 2 N–H and O–H groups in total. The summed E-state index contributed by atoms with van der Waals surface area (Å²) in [6, 6.07) is 4.66. The van der Waals surface area contributed by atoms with Crippen LogP contribution in [-0.4, -0.2) is 28.2 Å². The van der Waals surface area contributed by atoms with Crippen LogP contribution in [0.5, 0.6) is 5.75 Å². The summed E-state index contributed by atoms with van der Waals surface area (Å²) >= 11 is 0. The van der Waals surface area contributed by atoms with Crippen molar-refractivity contribution in [1.82, 2.24) is 0 Å². The van der Waals surface area contributed by atoms with E-state index in [1.54, 1.807) is 12.1 Å². The predicted molar refractivity (Wildman–Crippen MR) is 73.9 cm³/mol. The van der Waals surface area contributed by atoms with E-state index in [0.717, 1.165) is 5.56 Å². The maximum Gasteiger partial charge on any atom is 0.238 e. The number of ether oxygens (including phenoxy) is 2. The normalized spacial score (nSPS) is 11.8. The smallest absolute Gasteiger partial charge is 0.238 e. The third-order valence-corrected chi connectivity index (χ3v) is 3.53. The van der Waals surface area contributed by atoms with Gasteiger partial charge in [0.25, 0.3) is 0 Å². The van der Waals surface area contributed by atoms with Gasteiger partial charge in [-0.25, -0.2) is 13.6 Å². The van der Waals surface area contributed by atoms with Crippen LogP contribution in [0.1, 0.15) is 32.3 Å². The van der Waals surface area contributed by atoms with Gasteiger partial charge in [0.2, 0.25) is 10.0 Å². The minimum atomic E-state index is -3.68. The molecule has 19 heavy (non-hydrogen) atoms. The Hall–Kier alpha value is -1.11. The van der Waals surface area contributed by atoms with Crippen molar-refractivity contribution in [2.45, 2.75) is 31.6 Å². The molecule has 1 aromatic carbocycles. The molecule has 5 nitrogen and oxygen atoms in total. The standard InChI is InChI=1S/C13H21NO4S/c1-4-17-7-8-18-13-6-5-11(19(14,15)16)9-12(13)10(2)3/h5-6,9-10H,4,7-8H2,1-3H3,(H2,14,15,16). The number of hydrogen-bond donors (Lipinski definition) is 1. The van der Waals surface area contributed by atoms with Crippen LogP contribution in [0.3, 0.4) is 0 Å². The minimum Gasteiger partial charge on any atom is -0.491 e. The molecule has 0 amide bonds. The van der Waals surface area contributed by atoms with Gasteiger partial charge in [-0.1, -0.05) is 13.8 Å². The summed E-state index contributed by atoms with van der Waals surface area (Å²) in [7, 11) is -3.68. The second kappa shape index (κ2) is 6.88. The molecule has 108 valence electrons. The first kappa shape index (κ1) is 15.9. The van der Waals surface area contributed by atoms with Gasteiger partial charge < -0.3 is 9.47 Å². The molecule has 0 heterocycles. The van der Waals surface area contributed by atoms with Gasteiger partial charge in [0.15, 0.2) is 0 Å². The molecule has 1 aromatic rings. The van der Waals surface area contributed by atoms with Crippen molar-refractivity contribution >= 4 is 10.0 Å². The molecule has 0 aliphatic heterocycles. The van der Waals surface area contributed by atoms with Crippen molar-refractivity contribution in [2.24, 2.45) is 5.14 Å². The van der Waals surface area contributed by atoms with Crippen molar-refractivity contribution in [1.29, 1.82) is 0 Å². The van der Waals surface area contributed by atoms with Gasteiger partial charge in [-0.15, -0.1) is 0 Å². The molecule has 0 atom stereocenters. The van der Waals surface area contributed by atoms with Gasteiger partial charge in [0, 0.05) is 6.61 Å². The lowest BCUT2D eigenvalue weighted by Gasteiger charge is -2.15. The number of nitrogens with two attached hydrogens (primary N) is 1.